The molecule has 0 aliphatic heterocycles. The number of hydrogen-bond donors (Lipinski definition) is 2. The van der Waals surface area contributed by atoms with Crippen LogP contribution in [0.1, 0.15) is 5.56 Å². The zero-order valence-corrected chi connectivity index (χ0v) is 9.76. The molecular weight excluding hydrogens is 230 g/mol. The Morgan fingerprint density at radius 1 is 1.44 bits per heavy atom. The molecule has 0 aliphatic carbocycles. The Kier molecular flexibility index (Phi) is 3.60. The Morgan fingerprint density at radius 3 is 3.00 bits per heavy atom. The minimum atomic E-state index is -0.194. The van der Waals surface area contributed by atoms with Crippen LogP contribution in [0, 0.1) is 11.3 Å². The van der Waals surface area contributed by atoms with Gasteiger partial charge in [-0.2, -0.15) is 5.26 Å². The summed E-state index contributed by atoms with van der Waals surface area (Å²) in [6, 6.07) is 9.34. The van der Waals surface area contributed by atoms with Gasteiger partial charge in [-0.15, -0.1) is 0 Å². The van der Waals surface area contributed by atoms with Crippen molar-refractivity contribution >= 4 is 16.8 Å². The fraction of sp³-hybridized carbons (Fsp3) is 0.231. The number of fused-ring (bicyclic) bond motifs is 1. The summed E-state index contributed by atoms with van der Waals surface area (Å²) in [6.07, 6.45) is 1.82. The lowest BCUT2D eigenvalue weighted by Gasteiger charge is -2.05. The smallest absolute Gasteiger partial charge is 0.240 e. The zero-order valence-electron chi connectivity index (χ0n) is 9.76. The van der Waals surface area contributed by atoms with E-state index in [1.165, 1.54) is 0 Å². The normalized spacial score (nSPS) is 10.2. The molecule has 0 aliphatic rings. The van der Waals surface area contributed by atoms with Crippen molar-refractivity contribution in [1.82, 2.24) is 9.88 Å². The van der Waals surface area contributed by atoms with Gasteiger partial charge in [0, 0.05) is 11.7 Å². The number of amides is 1. The summed E-state index contributed by atoms with van der Waals surface area (Å²) in [5.41, 5.74) is 1.77. The highest BCUT2D eigenvalue weighted by molar-refractivity contribution is 5.83. The predicted octanol–water partition coefficient (Wildman–Crippen LogP) is 0.773. The molecule has 1 aromatic heterocycles. The van der Waals surface area contributed by atoms with Gasteiger partial charge in [0.15, 0.2) is 0 Å². The molecule has 0 atom stereocenters. The van der Waals surface area contributed by atoms with Gasteiger partial charge in [0.1, 0.15) is 13.1 Å². The second-order valence-corrected chi connectivity index (χ2v) is 3.93. The number of rotatable bonds is 4. The number of nitrogens with one attached hydrogen (secondary N) is 1. The highest BCUT2D eigenvalue weighted by Crippen LogP contribution is 2.17. The minimum absolute atomic E-state index is 0.00375. The molecule has 5 nitrogen and oxygen atoms in total. The van der Waals surface area contributed by atoms with E-state index in [2.05, 4.69) is 5.32 Å². The Labute approximate surface area is 104 Å². The van der Waals surface area contributed by atoms with Crippen LogP contribution in [-0.2, 0) is 17.9 Å². The third kappa shape index (κ3) is 2.50. The molecule has 0 fully saturated rings. The molecule has 0 saturated carbocycles. The number of nitrogens with zero attached hydrogens (tertiary/aromatic N) is 2. The highest BCUT2D eigenvalue weighted by Gasteiger charge is 2.06. The van der Waals surface area contributed by atoms with Crippen molar-refractivity contribution in [3.8, 4) is 6.07 Å². The maximum atomic E-state index is 11.5. The van der Waals surface area contributed by atoms with Gasteiger partial charge >= 0.3 is 0 Å². The Hall–Kier alpha value is -2.32. The molecule has 1 aromatic carbocycles. The summed E-state index contributed by atoms with van der Waals surface area (Å²) < 4.78 is 1.81. The van der Waals surface area contributed by atoms with Crippen molar-refractivity contribution in [3.05, 3.63) is 36.0 Å². The van der Waals surface area contributed by atoms with Crippen LogP contribution in [0.5, 0.6) is 0 Å². The lowest BCUT2D eigenvalue weighted by Crippen LogP contribution is -2.27. The Morgan fingerprint density at radius 2 is 2.28 bits per heavy atom. The molecule has 92 valence electrons. The molecule has 0 spiro atoms. The summed E-state index contributed by atoms with van der Waals surface area (Å²) >= 11 is 0. The Balaban J connectivity index is 2.19. The number of aliphatic hydroxyl groups is 1. The van der Waals surface area contributed by atoms with Crippen molar-refractivity contribution in [2.24, 2.45) is 0 Å². The van der Waals surface area contributed by atoms with E-state index in [9.17, 15) is 4.79 Å². The summed E-state index contributed by atoms with van der Waals surface area (Å²) in [5, 5.41) is 20.9. The molecule has 1 amide bonds. The number of aliphatic hydroxyl groups excluding tert-OH is 1. The first-order chi connectivity index (χ1) is 8.74. The predicted molar refractivity (Wildman–Crippen MR) is 66.5 cm³/mol. The largest absolute Gasteiger partial charge is 0.392 e. The maximum Gasteiger partial charge on any atom is 0.240 e. The molecule has 5 heteroatoms. The molecule has 1 heterocycles. The minimum Gasteiger partial charge on any atom is -0.392 e. The molecule has 0 bridgehead atoms. The van der Waals surface area contributed by atoms with Crippen molar-refractivity contribution in [1.29, 1.82) is 5.26 Å². The highest BCUT2D eigenvalue weighted by atomic mass is 16.3. The summed E-state index contributed by atoms with van der Waals surface area (Å²) in [5.74, 6) is -0.194. The third-order valence-corrected chi connectivity index (χ3v) is 2.70. The monoisotopic (exact) mass is 243 g/mol. The number of aromatic nitrogens is 1. The van der Waals surface area contributed by atoms with Crippen LogP contribution in [-0.4, -0.2) is 22.1 Å². The molecule has 0 unspecified atom stereocenters. The van der Waals surface area contributed by atoms with Gasteiger partial charge in [-0.3, -0.25) is 4.79 Å². The standard InChI is InChI=1S/C13H13N3O2/c14-4-5-15-13(18)8-16-6-3-11-7-10(9-17)1-2-12(11)16/h1-3,6-7,17H,5,8-9H2,(H,15,18). The molecule has 18 heavy (non-hydrogen) atoms. The summed E-state index contributed by atoms with van der Waals surface area (Å²) in [7, 11) is 0. The van der Waals surface area contributed by atoms with E-state index < -0.39 is 0 Å². The SMILES string of the molecule is N#CCNC(=O)Cn1ccc2cc(CO)ccc21. The van der Waals surface area contributed by atoms with Crippen LogP contribution in [0.2, 0.25) is 0 Å². The number of nitriles is 1. The van der Waals surface area contributed by atoms with Crippen LogP contribution in [0.4, 0.5) is 0 Å². The van der Waals surface area contributed by atoms with E-state index in [-0.39, 0.29) is 25.6 Å². The second-order valence-electron chi connectivity index (χ2n) is 3.93. The molecular formula is C13H13N3O2. The van der Waals surface area contributed by atoms with Crippen molar-refractivity contribution < 1.29 is 9.90 Å². The first-order valence-electron chi connectivity index (χ1n) is 5.57. The fourth-order valence-electron chi connectivity index (χ4n) is 1.83. The van der Waals surface area contributed by atoms with E-state index in [0.29, 0.717) is 0 Å². The molecule has 2 aromatic rings. The van der Waals surface area contributed by atoms with Crippen molar-refractivity contribution in [3.63, 3.8) is 0 Å². The topological polar surface area (TPSA) is 78.0 Å². The van der Waals surface area contributed by atoms with Crippen molar-refractivity contribution in [2.45, 2.75) is 13.2 Å². The van der Waals surface area contributed by atoms with Gasteiger partial charge < -0.3 is 15.0 Å². The molecule has 2 rings (SSSR count). The van der Waals surface area contributed by atoms with E-state index in [1.807, 2.05) is 41.1 Å². The van der Waals surface area contributed by atoms with Gasteiger partial charge in [0.05, 0.1) is 12.7 Å². The maximum absolute atomic E-state index is 11.5. The second kappa shape index (κ2) is 5.34. The number of benzene rings is 1. The summed E-state index contributed by atoms with van der Waals surface area (Å²) in [6.45, 7) is 0.208. The average Bonchev–Trinajstić information content (AvgIpc) is 2.78. The lowest BCUT2D eigenvalue weighted by molar-refractivity contribution is -0.121. The quantitative estimate of drug-likeness (QED) is 0.779. The van der Waals surface area contributed by atoms with Crippen molar-refractivity contribution in [2.75, 3.05) is 6.54 Å². The van der Waals surface area contributed by atoms with Gasteiger partial charge in [-0.05, 0) is 29.1 Å². The fourth-order valence-corrected chi connectivity index (χ4v) is 1.83. The molecule has 2 N–H and O–H groups in total. The Bertz CT molecular complexity index is 610. The lowest BCUT2D eigenvalue weighted by atomic mass is 10.2. The van der Waals surface area contributed by atoms with E-state index in [4.69, 9.17) is 10.4 Å². The van der Waals surface area contributed by atoms with Gasteiger partial charge in [0.25, 0.3) is 0 Å². The van der Waals surface area contributed by atoms with E-state index >= 15 is 0 Å². The van der Waals surface area contributed by atoms with Gasteiger partial charge in [-0.1, -0.05) is 6.07 Å². The van der Waals surface area contributed by atoms with Crippen LogP contribution >= 0.6 is 0 Å². The number of carbonyl (C=O) groups excluding carboxylic acids is 1. The van der Waals surface area contributed by atoms with Gasteiger partial charge in [-0.25, -0.2) is 0 Å². The zero-order chi connectivity index (χ0) is 13.0. The van der Waals surface area contributed by atoms with E-state index in [1.54, 1.807) is 0 Å². The number of hydrogen-bond acceptors (Lipinski definition) is 3. The third-order valence-electron chi connectivity index (χ3n) is 2.70. The molecule has 0 radical (unpaired) electrons. The van der Waals surface area contributed by atoms with Crippen LogP contribution in [0.3, 0.4) is 0 Å². The van der Waals surface area contributed by atoms with E-state index in [0.717, 1.165) is 16.5 Å². The first-order valence-corrected chi connectivity index (χ1v) is 5.57. The van der Waals surface area contributed by atoms with Crippen LogP contribution < -0.4 is 5.32 Å². The first kappa shape index (κ1) is 12.1. The summed E-state index contributed by atoms with van der Waals surface area (Å²) in [4.78, 5) is 11.5. The average molecular weight is 243 g/mol. The number of carbonyl (C=O) groups is 1. The van der Waals surface area contributed by atoms with Crippen LogP contribution in [0.25, 0.3) is 10.9 Å². The van der Waals surface area contributed by atoms with Crippen LogP contribution in [0.15, 0.2) is 30.5 Å². The van der Waals surface area contributed by atoms with Gasteiger partial charge in [0.2, 0.25) is 5.91 Å². The molecule has 0 saturated heterocycles.